The van der Waals surface area contributed by atoms with Gasteiger partial charge in [0, 0.05) is 25.2 Å². The number of methoxy groups -OCH3 is 1. The second kappa shape index (κ2) is 5.89. The number of rotatable bonds is 3. The van der Waals surface area contributed by atoms with E-state index in [1.54, 1.807) is 10.4 Å². The maximum Gasteiger partial charge on any atom is 0.243 e. The van der Waals surface area contributed by atoms with Crippen LogP contribution in [-0.4, -0.2) is 45.0 Å². The lowest BCUT2D eigenvalue weighted by Crippen LogP contribution is -2.57. The lowest BCUT2D eigenvalue weighted by atomic mass is 10.2. The molecule has 0 aliphatic carbocycles. The molecule has 0 amide bonds. The number of nitrogens with one attached hydrogen (secondary N) is 1. The van der Waals surface area contributed by atoms with Crippen LogP contribution in [0.2, 0.25) is 5.02 Å². The Morgan fingerprint density at radius 1 is 1.30 bits per heavy atom. The first-order valence-electron chi connectivity index (χ1n) is 6.45. The summed E-state index contributed by atoms with van der Waals surface area (Å²) in [4.78, 5) is 0.198. The van der Waals surface area contributed by atoms with Crippen LogP contribution >= 0.6 is 11.6 Å². The molecule has 1 fully saturated rings. The van der Waals surface area contributed by atoms with Gasteiger partial charge < -0.3 is 10.1 Å². The summed E-state index contributed by atoms with van der Waals surface area (Å²) >= 11 is 6.03. The highest BCUT2D eigenvalue weighted by atomic mass is 35.5. The maximum atomic E-state index is 12.8. The van der Waals surface area contributed by atoms with Gasteiger partial charge in [0.05, 0.1) is 17.0 Å². The Morgan fingerprint density at radius 3 is 2.40 bits per heavy atom. The van der Waals surface area contributed by atoms with Gasteiger partial charge in [-0.2, -0.15) is 4.31 Å². The van der Waals surface area contributed by atoms with Gasteiger partial charge in [-0.3, -0.25) is 0 Å². The van der Waals surface area contributed by atoms with Crippen molar-refractivity contribution in [3.63, 3.8) is 0 Å². The Bertz CT molecular complexity index is 581. The van der Waals surface area contributed by atoms with Crippen molar-refractivity contribution in [1.82, 2.24) is 9.62 Å². The Balaban J connectivity index is 2.41. The minimum atomic E-state index is -3.55. The van der Waals surface area contributed by atoms with Crippen molar-refractivity contribution in [2.75, 3.05) is 20.2 Å². The molecule has 1 aliphatic heterocycles. The molecule has 20 heavy (non-hydrogen) atoms. The van der Waals surface area contributed by atoms with E-state index in [0.29, 0.717) is 23.9 Å². The Labute approximate surface area is 124 Å². The van der Waals surface area contributed by atoms with E-state index in [1.165, 1.54) is 19.2 Å². The van der Waals surface area contributed by atoms with E-state index in [9.17, 15) is 8.42 Å². The minimum absolute atomic E-state index is 0.0929. The smallest absolute Gasteiger partial charge is 0.243 e. The van der Waals surface area contributed by atoms with Crippen LogP contribution in [0.15, 0.2) is 23.1 Å². The molecule has 1 aromatic carbocycles. The number of sulfonamides is 1. The molecule has 2 atom stereocenters. The van der Waals surface area contributed by atoms with Crippen molar-refractivity contribution >= 4 is 21.6 Å². The van der Waals surface area contributed by atoms with Gasteiger partial charge >= 0.3 is 0 Å². The predicted molar refractivity (Wildman–Crippen MR) is 78.8 cm³/mol. The number of hydrogen-bond donors (Lipinski definition) is 1. The van der Waals surface area contributed by atoms with Crippen molar-refractivity contribution in [2.45, 2.75) is 30.8 Å². The van der Waals surface area contributed by atoms with E-state index < -0.39 is 10.0 Å². The Hall–Kier alpha value is -0.820. The third kappa shape index (κ3) is 2.79. The average molecular weight is 319 g/mol. The Kier molecular flexibility index (Phi) is 4.59. The van der Waals surface area contributed by atoms with Gasteiger partial charge in [-0.15, -0.1) is 0 Å². The van der Waals surface area contributed by atoms with Gasteiger partial charge in [-0.25, -0.2) is 8.42 Å². The zero-order valence-electron chi connectivity index (χ0n) is 11.8. The van der Waals surface area contributed by atoms with Crippen LogP contribution in [0.5, 0.6) is 5.75 Å². The maximum absolute atomic E-state index is 12.8. The molecule has 0 spiro atoms. The van der Waals surface area contributed by atoms with Crippen molar-refractivity contribution in [3.8, 4) is 5.75 Å². The third-order valence-corrected chi connectivity index (χ3v) is 5.87. The normalized spacial score (nSPS) is 24.6. The molecule has 1 heterocycles. The highest BCUT2D eigenvalue weighted by Gasteiger charge is 2.35. The summed E-state index contributed by atoms with van der Waals surface area (Å²) in [5.41, 5.74) is 0. The zero-order chi connectivity index (χ0) is 14.9. The van der Waals surface area contributed by atoms with E-state index in [-0.39, 0.29) is 17.0 Å². The van der Waals surface area contributed by atoms with Crippen LogP contribution < -0.4 is 10.1 Å². The third-order valence-electron chi connectivity index (χ3n) is 3.45. The summed E-state index contributed by atoms with van der Waals surface area (Å²) < 4.78 is 32.1. The average Bonchev–Trinajstić information content (AvgIpc) is 2.38. The first-order chi connectivity index (χ1) is 9.37. The quantitative estimate of drug-likeness (QED) is 0.922. The van der Waals surface area contributed by atoms with Gasteiger partial charge in [0.1, 0.15) is 5.75 Å². The van der Waals surface area contributed by atoms with E-state index in [1.807, 2.05) is 13.8 Å². The fraction of sp³-hybridized carbons (Fsp3) is 0.538. The standard InChI is InChI=1S/C13H19ClN2O3S/c1-9-7-15-8-10(2)16(9)20(17,18)11-4-5-13(19-3)12(14)6-11/h4-6,9-10,15H,7-8H2,1-3H3. The molecule has 1 aliphatic rings. The molecule has 7 heteroatoms. The lowest BCUT2D eigenvalue weighted by molar-refractivity contribution is 0.220. The number of nitrogens with zero attached hydrogens (tertiary/aromatic N) is 1. The highest BCUT2D eigenvalue weighted by Crippen LogP contribution is 2.30. The molecule has 112 valence electrons. The molecular formula is C13H19ClN2O3S. The van der Waals surface area contributed by atoms with Crippen molar-refractivity contribution < 1.29 is 13.2 Å². The second-order valence-corrected chi connectivity index (χ2v) is 7.24. The summed E-state index contributed by atoms with van der Waals surface area (Å²) in [5, 5.41) is 3.51. The monoisotopic (exact) mass is 318 g/mol. The fourth-order valence-corrected chi connectivity index (χ4v) is 4.69. The first-order valence-corrected chi connectivity index (χ1v) is 8.27. The van der Waals surface area contributed by atoms with E-state index in [2.05, 4.69) is 5.32 Å². The highest BCUT2D eigenvalue weighted by molar-refractivity contribution is 7.89. The van der Waals surface area contributed by atoms with Crippen LogP contribution in [0.1, 0.15) is 13.8 Å². The van der Waals surface area contributed by atoms with Crippen LogP contribution in [0.3, 0.4) is 0 Å². The SMILES string of the molecule is COc1ccc(S(=O)(=O)N2C(C)CNCC2C)cc1Cl. The summed E-state index contributed by atoms with van der Waals surface area (Å²) in [6.07, 6.45) is 0. The van der Waals surface area contributed by atoms with E-state index in [4.69, 9.17) is 16.3 Å². The number of halogens is 1. The van der Waals surface area contributed by atoms with Crippen molar-refractivity contribution in [1.29, 1.82) is 0 Å². The first kappa shape index (κ1) is 15.6. The summed E-state index contributed by atoms with van der Waals surface area (Å²) in [6.45, 7) is 5.08. The molecule has 1 saturated heterocycles. The van der Waals surface area contributed by atoms with Crippen LogP contribution in [-0.2, 0) is 10.0 Å². The molecule has 5 nitrogen and oxygen atoms in total. The van der Waals surface area contributed by atoms with E-state index in [0.717, 1.165) is 0 Å². The van der Waals surface area contributed by atoms with Crippen LogP contribution in [0.25, 0.3) is 0 Å². The fourth-order valence-electron chi connectivity index (χ4n) is 2.52. The number of ether oxygens (including phenoxy) is 1. The lowest BCUT2D eigenvalue weighted by Gasteiger charge is -2.38. The molecule has 0 saturated carbocycles. The molecule has 1 aromatic rings. The molecular weight excluding hydrogens is 300 g/mol. The van der Waals surface area contributed by atoms with Gasteiger partial charge in [0.25, 0.3) is 0 Å². The predicted octanol–water partition coefficient (Wildman–Crippen LogP) is 1.72. The second-order valence-electron chi connectivity index (χ2n) is 4.99. The Morgan fingerprint density at radius 2 is 1.90 bits per heavy atom. The van der Waals surface area contributed by atoms with Crippen molar-refractivity contribution in [3.05, 3.63) is 23.2 Å². The van der Waals surface area contributed by atoms with Gasteiger partial charge in [-0.1, -0.05) is 11.6 Å². The molecule has 1 N–H and O–H groups in total. The van der Waals surface area contributed by atoms with Crippen LogP contribution in [0.4, 0.5) is 0 Å². The van der Waals surface area contributed by atoms with Crippen molar-refractivity contribution in [2.24, 2.45) is 0 Å². The minimum Gasteiger partial charge on any atom is -0.495 e. The molecule has 0 aromatic heterocycles. The van der Waals surface area contributed by atoms with Gasteiger partial charge in [-0.05, 0) is 32.0 Å². The molecule has 2 unspecified atom stereocenters. The van der Waals surface area contributed by atoms with Gasteiger partial charge in [0.15, 0.2) is 0 Å². The van der Waals surface area contributed by atoms with Gasteiger partial charge in [0.2, 0.25) is 10.0 Å². The topological polar surface area (TPSA) is 58.6 Å². The summed E-state index contributed by atoms with van der Waals surface area (Å²) in [5.74, 6) is 0.465. The molecule has 0 bridgehead atoms. The number of hydrogen-bond acceptors (Lipinski definition) is 4. The largest absolute Gasteiger partial charge is 0.495 e. The number of benzene rings is 1. The molecule has 2 rings (SSSR count). The van der Waals surface area contributed by atoms with E-state index >= 15 is 0 Å². The molecule has 0 radical (unpaired) electrons. The zero-order valence-corrected chi connectivity index (χ0v) is 13.3. The van der Waals surface area contributed by atoms with Crippen LogP contribution in [0, 0.1) is 0 Å². The summed E-state index contributed by atoms with van der Waals surface area (Å²) in [6, 6.07) is 4.36. The number of piperazine rings is 1. The summed E-state index contributed by atoms with van der Waals surface area (Å²) in [7, 11) is -2.06.